The summed E-state index contributed by atoms with van der Waals surface area (Å²) in [5, 5.41) is 7.68. The van der Waals surface area contributed by atoms with Crippen LogP contribution in [0, 0.1) is 0 Å². The maximum atomic E-state index is 13.1. The average Bonchev–Trinajstić information content (AvgIpc) is 3.22. The highest BCUT2D eigenvalue weighted by Crippen LogP contribution is 2.42. The van der Waals surface area contributed by atoms with E-state index in [1.54, 1.807) is 11.3 Å². The fourth-order valence-electron chi connectivity index (χ4n) is 4.57. The summed E-state index contributed by atoms with van der Waals surface area (Å²) >= 11 is 1.71. The van der Waals surface area contributed by atoms with Gasteiger partial charge in [-0.2, -0.15) is 0 Å². The van der Waals surface area contributed by atoms with Gasteiger partial charge in [-0.3, -0.25) is 9.69 Å². The molecule has 6 nitrogen and oxygen atoms in total. The number of hydrogen-bond acceptors (Lipinski definition) is 6. The van der Waals surface area contributed by atoms with E-state index in [9.17, 15) is 4.79 Å². The lowest BCUT2D eigenvalue weighted by Gasteiger charge is -2.31. The van der Waals surface area contributed by atoms with Gasteiger partial charge in [0.2, 0.25) is 0 Å². The number of rotatable bonds is 7. The number of ether oxygens (including phenoxy) is 2. The Labute approximate surface area is 204 Å². The van der Waals surface area contributed by atoms with Gasteiger partial charge in [-0.25, -0.2) is 0 Å². The van der Waals surface area contributed by atoms with E-state index in [2.05, 4.69) is 29.4 Å². The van der Waals surface area contributed by atoms with Crippen molar-refractivity contribution in [2.75, 3.05) is 18.5 Å². The molecule has 2 N–H and O–H groups in total. The molecule has 1 amide bonds. The summed E-state index contributed by atoms with van der Waals surface area (Å²) in [6.07, 6.45) is 0.602. The number of carbonyl (C=O) groups is 1. The Bertz CT molecular complexity index is 1180. The smallest absolute Gasteiger partial charge is 0.256 e. The van der Waals surface area contributed by atoms with E-state index in [0.717, 1.165) is 41.2 Å². The molecule has 0 saturated carbocycles. The fourth-order valence-corrected chi connectivity index (χ4v) is 5.87. The van der Waals surface area contributed by atoms with Gasteiger partial charge in [0.05, 0.1) is 12.2 Å². The van der Waals surface area contributed by atoms with Gasteiger partial charge in [-0.15, -0.1) is 11.3 Å². The van der Waals surface area contributed by atoms with E-state index in [-0.39, 0.29) is 12.1 Å². The standard InChI is InChI=1S/C27H31N3O3S/c1-4-32-22-14-19(10-11-21(22)33-16-18-8-6-5-7-9-18)25-28-26(31)24-20-12-13-30(17(2)3)15-23(20)34-27(24)29-25/h5-11,14,17,25,29H,4,12-13,15-16H2,1-3H3,(H,28,31)/t25-/m1/s1. The highest BCUT2D eigenvalue weighted by Gasteiger charge is 2.34. The monoisotopic (exact) mass is 477 g/mol. The quantitative estimate of drug-likeness (QED) is 0.481. The summed E-state index contributed by atoms with van der Waals surface area (Å²) in [5.41, 5.74) is 4.07. The van der Waals surface area contributed by atoms with Gasteiger partial charge in [0.25, 0.3) is 5.91 Å². The molecule has 0 aliphatic carbocycles. The molecule has 1 aromatic heterocycles. The van der Waals surface area contributed by atoms with E-state index in [0.29, 0.717) is 30.8 Å². The van der Waals surface area contributed by atoms with Crippen LogP contribution in [0.3, 0.4) is 0 Å². The predicted octanol–water partition coefficient (Wildman–Crippen LogP) is 5.35. The van der Waals surface area contributed by atoms with Crippen LogP contribution in [-0.4, -0.2) is 30.0 Å². The van der Waals surface area contributed by atoms with Gasteiger partial charge in [-0.1, -0.05) is 36.4 Å². The molecule has 0 unspecified atom stereocenters. The SMILES string of the molecule is CCOc1cc([C@@H]2NC(=O)c3c(sc4c3CCN(C(C)C)C4)N2)ccc1OCc1ccccc1. The zero-order chi connectivity index (χ0) is 23.7. The molecule has 5 rings (SSSR count). The molecule has 7 heteroatoms. The second-order valence-corrected chi connectivity index (χ2v) is 10.1. The van der Waals surface area contributed by atoms with E-state index in [4.69, 9.17) is 9.47 Å². The summed E-state index contributed by atoms with van der Waals surface area (Å²) in [6.45, 7) is 9.31. The van der Waals surface area contributed by atoms with Crippen molar-refractivity contribution < 1.29 is 14.3 Å². The van der Waals surface area contributed by atoms with Gasteiger partial charge in [-0.05, 0) is 56.0 Å². The van der Waals surface area contributed by atoms with Crippen molar-refractivity contribution in [3.05, 3.63) is 75.7 Å². The van der Waals surface area contributed by atoms with Crippen LogP contribution >= 0.6 is 11.3 Å². The minimum atomic E-state index is -0.316. The van der Waals surface area contributed by atoms with Crippen LogP contribution in [0.25, 0.3) is 0 Å². The number of fused-ring (bicyclic) bond motifs is 3. The zero-order valence-electron chi connectivity index (χ0n) is 19.9. The van der Waals surface area contributed by atoms with Crippen molar-refractivity contribution in [1.82, 2.24) is 10.2 Å². The van der Waals surface area contributed by atoms with Crippen LogP contribution in [0.1, 0.15) is 58.9 Å². The molecule has 3 aromatic rings. The van der Waals surface area contributed by atoms with Crippen LogP contribution in [-0.2, 0) is 19.6 Å². The molecule has 34 heavy (non-hydrogen) atoms. The molecule has 1 atom stereocenters. The summed E-state index contributed by atoms with van der Waals surface area (Å²) < 4.78 is 11.9. The number of benzene rings is 2. The number of carbonyl (C=O) groups excluding carboxylic acids is 1. The maximum Gasteiger partial charge on any atom is 0.256 e. The molecule has 0 saturated heterocycles. The Morgan fingerprint density at radius 3 is 2.68 bits per heavy atom. The number of anilines is 1. The largest absolute Gasteiger partial charge is 0.490 e. The lowest BCUT2D eigenvalue weighted by Crippen LogP contribution is -2.39. The van der Waals surface area contributed by atoms with Gasteiger partial charge >= 0.3 is 0 Å². The van der Waals surface area contributed by atoms with Crippen molar-refractivity contribution in [3.63, 3.8) is 0 Å². The summed E-state index contributed by atoms with van der Waals surface area (Å²) in [6, 6.07) is 16.4. The molecular weight excluding hydrogens is 446 g/mol. The third-order valence-corrected chi connectivity index (χ3v) is 7.58. The van der Waals surface area contributed by atoms with Crippen molar-refractivity contribution in [2.24, 2.45) is 0 Å². The number of nitrogens with zero attached hydrogens (tertiary/aromatic N) is 1. The van der Waals surface area contributed by atoms with E-state index in [1.807, 2.05) is 55.5 Å². The fraction of sp³-hybridized carbons (Fsp3) is 0.370. The lowest BCUT2D eigenvalue weighted by molar-refractivity contribution is 0.0934. The molecule has 0 bridgehead atoms. The first kappa shape index (κ1) is 22.7. The molecular formula is C27H31N3O3S. The van der Waals surface area contributed by atoms with Gasteiger partial charge < -0.3 is 20.1 Å². The minimum absolute atomic E-state index is 0.00314. The third-order valence-electron chi connectivity index (χ3n) is 6.43. The van der Waals surface area contributed by atoms with Crippen molar-refractivity contribution in [3.8, 4) is 11.5 Å². The maximum absolute atomic E-state index is 13.1. The van der Waals surface area contributed by atoms with Gasteiger partial charge in [0.1, 0.15) is 17.8 Å². The Hall–Kier alpha value is -3.03. The number of hydrogen-bond donors (Lipinski definition) is 2. The van der Waals surface area contributed by atoms with Crippen LogP contribution in [0.15, 0.2) is 48.5 Å². The van der Waals surface area contributed by atoms with Crippen molar-refractivity contribution in [2.45, 2.75) is 52.6 Å². The van der Waals surface area contributed by atoms with Crippen molar-refractivity contribution in [1.29, 1.82) is 0 Å². The molecule has 2 aromatic carbocycles. The van der Waals surface area contributed by atoms with Gasteiger partial charge in [0, 0.05) is 24.0 Å². The van der Waals surface area contributed by atoms with Crippen LogP contribution in [0.2, 0.25) is 0 Å². The number of thiophene rings is 1. The average molecular weight is 478 g/mol. The summed E-state index contributed by atoms with van der Waals surface area (Å²) in [4.78, 5) is 16.9. The first-order valence-electron chi connectivity index (χ1n) is 11.9. The summed E-state index contributed by atoms with van der Waals surface area (Å²) in [7, 11) is 0. The van der Waals surface area contributed by atoms with E-state index in [1.165, 1.54) is 10.4 Å². The first-order chi connectivity index (χ1) is 16.5. The Morgan fingerprint density at radius 1 is 1.09 bits per heavy atom. The van der Waals surface area contributed by atoms with Crippen LogP contribution in [0.4, 0.5) is 5.00 Å². The minimum Gasteiger partial charge on any atom is -0.490 e. The molecule has 178 valence electrons. The van der Waals surface area contributed by atoms with E-state index >= 15 is 0 Å². The first-order valence-corrected chi connectivity index (χ1v) is 12.7. The number of nitrogens with one attached hydrogen (secondary N) is 2. The Kier molecular flexibility index (Phi) is 6.48. The molecule has 0 spiro atoms. The topological polar surface area (TPSA) is 62.8 Å². The van der Waals surface area contributed by atoms with Crippen molar-refractivity contribution >= 4 is 22.2 Å². The van der Waals surface area contributed by atoms with E-state index < -0.39 is 0 Å². The normalized spacial score (nSPS) is 17.5. The number of amides is 1. The second kappa shape index (κ2) is 9.68. The predicted molar refractivity (Wildman–Crippen MR) is 136 cm³/mol. The molecule has 2 aliphatic heterocycles. The molecule has 2 aliphatic rings. The lowest BCUT2D eigenvalue weighted by atomic mass is 9.99. The highest BCUT2D eigenvalue weighted by molar-refractivity contribution is 7.16. The van der Waals surface area contributed by atoms with Crippen LogP contribution in [0.5, 0.6) is 11.5 Å². The summed E-state index contributed by atoms with van der Waals surface area (Å²) in [5.74, 6) is 1.37. The molecule has 0 radical (unpaired) electrons. The zero-order valence-corrected chi connectivity index (χ0v) is 20.7. The Morgan fingerprint density at radius 2 is 1.91 bits per heavy atom. The molecule has 0 fully saturated rings. The van der Waals surface area contributed by atoms with Gasteiger partial charge in [0.15, 0.2) is 11.5 Å². The third kappa shape index (κ3) is 4.50. The second-order valence-electron chi connectivity index (χ2n) is 8.99. The highest BCUT2D eigenvalue weighted by atomic mass is 32.1. The Balaban J connectivity index is 1.36. The van der Waals surface area contributed by atoms with Crippen LogP contribution < -0.4 is 20.1 Å². The molecule has 3 heterocycles.